The Labute approximate surface area is 153 Å². The van der Waals surface area contributed by atoms with Gasteiger partial charge in [0.1, 0.15) is 5.76 Å². The standard InChI is InChI=1S/C14H18N4O4S3/c1-18(10-4-6-25(20,21)9-10)12(19)8-23-14-17-16-13(24-14)15-7-11-3-2-5-22-11/h2-3,5,10H,4,6-9H2,1H3,(H,15,16)/t10-/m1/s1. The molecule has 1 aliphatic rings. The highest BCUT2D eigenvalue weighted by Crippen LogP contribution is 2.26. The predicted octanol–water partition coefficient (Wildman–Crippen LogP) is 1.48. The molecular formula is C14H18N4O4S3. The van der Waals surface area contributed by atoms with Crippen LogP contribution >= 0.6 is 23.1 Å². The summed E-state index contributed by atoms with van der Waals surface area (Å²) >= 11 is 2.66. The summed E-state index contributed by atoms with van der Waals surface area (Å²) in [5, 5.41) is 11.8. The van der Waals surface area contributed by atoms with Crippen molar-refractivity contribution in [1.29, 1.82) is 0 Å². The van der Waals surface area contributed by atoms with Crippen LogP contribution in [0.5, 0.6) is 0 Å². The maximum atomic E-state index is 12.2. The first kappa shape index (κ1) is 18.2. The van der Waals surface area contributed by atoms with Crippen LogP contribution in [-0.2, 0) is 21.2 Å². The molecule has 11 heteroatoms. The molecule has 25 heavy (non-hydrogen) atoms. The van der Waals surface area contributed by atoms with Gasteiger partial charge in [0.05, 0.1) is 30.1 Å². The van der Waals surface area contributed by atoms with Crippen molar-refractivity contribution >= 4 is 44.0 Å². The lowest BCUT2D eigenvalue weighted by Crippen LogP contribution is -2.38. The smallest absolute Gasteiger partial charge is 0.233 e. The number of anilines is 1. The monoisotopic (exact) mass is 402 g/mol. The Morgan fingerprint density at radius 1 is 1.52 bits per heavy atom. The van der Waals surface area contributed by atoms with Crippen LogP contribution in [0.2, 0.25) is 0 Å². The van der Waals surface area contributed by atoms with Crippen LogP contribution in [0.15, 0.2) is 27.2 Å². The van der Waals surface area contributed by atoms with E-state index < -0.39 is 9.84 Å². The average Bonchev–Trinajstić information content (AvgIpc) is 3.30. The Balaban J connectivity index is 1.46. The highest BCUT2D eigenvalue weighted by atomic mass is 32.2. The van der Waals surface area contributed by atoms with Crippen molar-refractivity contribution in [2.24, 2.45) is 0 Å². The lowest BCUT2D eigenvalue weighted by atomic mass is 10.2. The summed E-state index contributed by atoms with van der Waals surface area (Å²) in [4.78, 5) is 13.8. The number of rotatable bonds is 7. The first-order chi connectivity index (χ1) is 11.9. The molecule has 136 valence electrons. The van der Waals surface area contributed by atoms with Gasteiger partial charge >= 0.3 is 0 Å². The first-order valence-corrected chi connectivity index (χ1v) is 11.2. The van der Waals surface area contributed by atoms with E-state index in [1.54, 1.807) is 13.3 Å². The molecule has 3 rings (SSSR count). The van der Waals surface area contributed by atoms with Gasteiger partial charge in [-0.15, -0.1) is 10.2 Å². The van der Waals surface area contributed by atoms with Crippen LogP contribution in [0.4, 0.5) is 5.13 Å². The van der Waals surface area contributed by atoms with Gasteiger partial charge in [0.15, 0.2) is 14.2 Å². The molecule has 2 aromatic heterocycles. The SMILES string of the molecule is CN(C(=O)CSc1nnc(NCc2ccco2)s1)[C@@H]1CCS(=O)(=O)C1. The second-order valence-electron chi connectivity index (χ2n) is 5.66. The Hall–Kier alpha value is -1.59. The van der Waals surface area contributed by atoms with Crippen molar-refractivity contribution in [3.63, 3.8) is 0 Å². The molecule has 3 heterocycles. The fourth-order valence-corrected chi connectivity index (χ4v) is 5.87. The van der Waals surface area contributed by atoms with Crippen LogP contribution in [0.25, 0.3) is 0 Å². The maximum Gasteiger partial charge on any atom is 0.233 e. The van der Waals surface area contributed by atoms with E-state index in [0.717, 1.165) is 5.76 Å². The van der Waals surface area contributed by atoms with Gasteiger partial charge in [-0.25, -0.2) is 8.42 Å². The zero-order chi connectivity index (χ0) is 17.9. The second kappa shape index (κ2) is 7.75. The summed E-state index contributed by atoms with van der Waals surface area (Å²) in [5.41, 5.74) is 0. The molecular weight excluding hydrogens is 384 g/mol. The van der Waals surface area contributed by atoms with Crippen molar-refractivity contribution in [2.75, 3.05) is 29.6 Å². The number of sulfone groups is 1. The van der Waals surface area contributed by atoms with Gasteiger partial charge in [-0.05, 0) is 18.6 Å². The predicted molar refractivity (Wildman–Crippen MR) is 96.5 cm³/mol. The molecule has 0 aliphatic carbocycles. The van der Waals surface area contributed by atoms with Crippen LogP contribution in [-0.4, -0.2) is 59.8 Å². The first-order valence-electron chi connectivity index (χ1n) is 7.61. The zero-order valence-corrected chi connectivity index (χ0v) is 16.0. The van der Waals surface area contributed by atoms with E-state index in [1.165, 1.54) is 28.0 Å². The Morgan fingerprint density at radius 3 is 3.04 bits per heavy atom. The van der Waals surface area contributed by atoms with Crippen LogP contribution in [0.3, 0.4) is 0 Å². The third-order valence-corrected chi connectivity index (χ3v) is 7.62. The maximum absolute atomic E-state index is 12.2. The summed E-state index contributed by atoms with van der Waals surface area (Å²) in [6, 6.07) is 3.45. The van der Waals surface area contributed by atoms with Gasteiger partial charge < -0.3 is 14.6 Å². The molecule has 0 bridgehead atoms. The van der Waals surface area contributed by atoms with E-state index in [9.17, 15) is 13.2 Å². The van der Waals surface area contributed by atoms with E-state index in [2.05, 4.69) is 15.5 Å². The number of nitrogens with one attached hydrogen (secondary N) is 1. The zero-order valence-electron chi connectivity index (χ0n) is 13.5. The molecule has 0 aromatic carbocycles. The number of furan rings is 1. The third kappa shape index (κ3) is 4.95. The Bertz CT molecular complexity index is 819. The molecule has 8 nitrogen and oxygen atoms in total. The molecule has 0 radical (unpaired) electrons. The van der Waals surface area contributed by atoms with Gasteiger partial charge in [0.25, 0.3) is 0 Å². The molecule has 0 saturated carbocycles. The number of aromatic nitrogens is 2. The summed E-state index contributed by atoms with van der Waals surface area (Å²) in [5.74, 6) is 1.11. The number of hydrogen-bond acceptors (Lipinski definition) is 9. The number of carbonyl (C=O) groups excluding carboxylic acids is 1. The summed E-state index contributed by atoms with van der Waals surface area (Å²) < 4.78 is 29.0. The van der Waals surface area contributed by atoms with E-state index in [0.29, 0.717) is 22.4 Å². The summed E-state index contributed by atoms with van der Waals surface area (Å²) in [7, 11) is -1.34. The van der Waals surface area contributed by atoms with E-state index >= 15 is 0 Å². The molecule has 1 atom stereocenters. The normalized spacial score (nSPS) is 19.0. The minimum Gasteiger partial charge on any atom is -0.467 e. The topological polar surface area (TPSA) is 105 Å². The van der Waals surface area contributed by atoms with Crippen molar-refractivity contribution in [2.45, 2.75) is 23.3 Å². The van der Waals surface area contributed by atoms with Gasteiger partial charge in [-0.2, -0.15) is 0 Å². The third-order valence-electron chi connectivity index (χ3n) is 3.87. The van der Waals surface area contributed by atoms with E-state index in [-0.39, 0.29) is 29.2 Å². The highest BCUT2D eigenvalue weighted by Gasteiger charge is 2.32. The molecule has 1 N–H and O–H groups in total. The van der Waals surface area contributed by atoms with Gasteiger partial charge in [0.2, 0.25) is 11.0 Å². The van der Waals surface area contributed by atoms with Crippen molar-refractivity contribution in [3.8, 4) is 0 Å². The molecule has 0 spiro atoms. The lowest BCUT2D eigenvalue weighted by Gasteiger charge is -2.22. The minimum atomic E-state index is -3.00. The van der Waals surface area contributed by atoms with Crippen LogP contribution in [0.1, 0.15) is 12.2 Å². The van der Waals surface area contributed by atoms with Crippen molar-refractivity contribution < 1.29 is 17.6 Å². The average molecular weight is 403 g/mol. The fourth-order valence-electron chi connectivity index (χ4n) is 2.43. The van der Waals surface area contributed by atoms with Gasteiger partial charge in [-0.1, -0.05) is 23.1 Å². The van der Waals surface area contributed by atoms with Gasteiger partial charge in [0, 0.05) is 13.1 Å². The molecule has 1 fully saturated rings. The van der Waals surface area contributed by atoms with Crippen molar-refractivity contribution in [3.05, 3.63) is 24.2 Å². The molecule has 2 aromatic rings. The number of thioether (sulfide) groups is 1. The number of carbonyl (C=O) groups is 1. The molecule has 1 saturated heterocycles. The van der Waals surface area contributed by atoms with Crippen LogP contribution < -0.4 is 5.32 Å². The molecule has 0 unspecified atom stereocenters. The highest BCUT2D eigenvalue weighted by molar-refractivity contribution is 8.01. The lowest BCUT2D eigenvalue weighted by molar-refractivity contribution is -0.128. The summed E-state index contributed by atoms with van der Waals surface area (Å²) in [6.07, 6.45) is 2.12. The van der Waals surface area contributed by atoms with Gasteiger partial charge in [-0.3, -0.25) is 4.79 Å². The number of hydrogen-bond donors (Lipinski definition) is 1. The quantitative estimate of drug-likeness (QED) is 0.694. The second-order valence-corrected chi connectivity index (χ2v) is 10.1. The molecule has 1 aliphatic heterocycles. The molecule has 1 amide bonds. The summed E-state index contributed by atoms with van der Waals surface area (Å²) in [6.45, 7) is 0.518. The minimum absolute atomic E-state index is 0.0551. The van der Waals surface area contributed by atoms with Crippen LogP contribution in [0, 0.1) is 0 Å². The largest absolute Gasteiger partial charge is 0.467 e. The number of nitrogens with zero attached hydrogens (tertiary/aromatic N) is 3. The Kier molecular flexibility index (Phi) is 5.64. The fraction of sp³-hybridized carbons (Fsp3) is 0.500. The Morgan fingerprint density at radius 2 is 2.36 bits per heavy atom. The van der Waals surface area contributed by atoms with E-state index in [4.69, 9.17) is 4.42 Å². The number of amides is 1. The van der Waals surface area contributed by atoms with Crippen molar-refractivity contribution in [1.82, 2.24) is 15.1 Å². The van der Waals surface area contributed by atoms with E-state index in [1.807, 2.05) is 12.1 Å².